The smallest absolute Gasteiger partial charge is 0.225 e. The van der Waals surface area contributed by atoms with E-state index in [1.165, 1.54) is 19.3 Å². The van der Waals surface area contributed by atoms with Crippen LogP contribution in [0.4, 0.5) is 5.95 Å². The molecule has 1 aliphatic carbocycles. The summed E-state index contributed by atoms with van der Waals surface area (Å²) in [6.45, 7) is 8.42. The van der Waals surface area contributed by atoms with Crippen LogP contribution in [0.15, 0.2) is 12.4 Å². The zero-order chi connectivity index (χ0) is 22.0. The van der Waals surface area contributed by atoms with Gasteiger partial charge in [0.2, 0.25) is 16.0 Å². The van der Waals surface area contributed by atoms with Gasteiger partial charge in [-0.1, -0.05) is 11.6 Å². The van der Waals surface area contributed by atoms with Gasteiger partial charge in [0.25, 0.3) is 0 Å². The van der Waals surface area contributed by atoms with Crippen LogP contribution >= 0.6 is 11.6 Å². The van der Waals surface area contributed by atoms with E-state index in [4.69, 9.17) is 16.3 Å². The lowest BCUT2D eigenvalue weighted by atomic mass is 9.91. The monoisotopic (exact) mass is 470 g/mol. The standard InChI is InChI=1S/C22H35ClN4O3S/c1-16(2)31(28,29)27-9-3-17(4-10-27)14-30-15-19-11-21(19)18-5-7-26(8-6-18)22-24-12-20(23)13-25-22/h12-13,16-19,21H,3-11,14-15H2,1-2H3/t19?,21-/m1/s1. The molecule has 7 nitrogen and oxygen atoms in total. The molecule has 3 heterocycles. The van der Waals surface area contributed by atoms with Crippen LogP contribution in [0.25, 0.3) is 0 Å². The minimum atomic E-state index is -3.12. The number of hydrogen-bond acceptors (Lipinski definition) is 6. The highest BCUT2D eigenvalue weighted by Crippen LogP contribution is 2.48. The first-order valence-corrected chi connectivity index (χ1v) is 13.5. The maximum absolute atomic E-state index is 12.3. The molecule has 1 aromatic rings. The summed E-state index contributed by atoms with van der Waals surface area (Å²) in [5, 5.41) is 0.239. The van der Waals surface area contributed by atoms with E-state index < -0.39 is 10.0 Å². The summed E-state index contributed by atoms with van der Waals surface area (Å²) >= 11 is 5.88. The molecular weight excluding hydrogens is 436 g/mol. The normalized spacial score (nSPS) is 26.5. The second kappa shape index (κ2) is 9.89. The van der Waals surface area contributed by atoms with E-state index in [-0.39, 0.29) is 5.25 Å². The Morgan fingerprint density at radius 2 is 1.71 bits per heavy atom. The van der Waals surface area contributed by atoms with Crippen LogP contribution in [-0.4, -0.2) is 67.3 Å². The third-order valence-electron chi connectivity index (χ3n) is 7.23. The molecule has 0 spiro atoms. The molecule has 31 heavy (non-hydrogen) atoms. The molecule has 3 fully saturated rings. The molecule has 2 atom stereocenters. The first kappa shape index (κ1) is 23.2. The molecule has 3 aliphatic rings. The molecule has 1 unspecified atom stereocenters. The second-order valence-corrected chi connectivity index (χ2v) is 12.6. The van der Waals surface area contributed by atoms with Crippen LogP contribution in [0.3, 0.4) is 0 Å². The van der Waals surface area contributed by atoms with E-state index in [0.717, 1.165) is 56.9 Å². The van der Waals surface area contributed by atoms with E-state index in [1.54, 1.807) is 30.5 Å². The number of ether oxygens (including phenoxy) is 1. The largest absolute Gasteiger partial charge is 0.381 e. The van der Waals surface area contributed by atoms with E-state index in [2.05, 4.69) is 14.9 Å². The maximum atomic E-state index is 12.3. The SMILES string of the molecule is CC(C)S(=O)(=O)N1CCC(COCC2C[C@@H]2C2CCN(c3ncc(Cl)cn3)CC2)CC1. The van der Waals surface area contributed by atoms with Crippen molar-refractivity contribution in [2.24, 2.45) is 23.7 Å². The van der Waals surface area contributed by atoms with Gasteiger partial charge in [0, 0.05) is 39.4 Å². The number of piperidine rings is 2. The first-order chi connectivity index (χ1) is 14.8. The average Bonchev–Trinajstić information content (AvgIpc) is 3.54. The number of hydrogen-bond donors (Lipinski definition) is 0. The fraction of sp³-hybridized carbons (Fsp3) is 0.818. The van der Waals surface area contributed by atoms with Gasteiger partial charge in [-0.25, -0.2) is 22.7 Å². The third kappa shape index (κ3) is 5.70. The van der Waals surface area contributed by atoms with Crippen LogP contribution in [0, 0.1) is 23.7 Å². The number of anilines is 1. The van der Waals surface area contributed by atoms with E-state index in [1.807, 2.05) is 0 Å². The van der Waals surface area contributed by atoms with Crippen molar-refractivity contribution in [1.29, 1.82) is 0 Å². The molecular formula is C22H35ClN4O3S. The highest BCUT2D eigenvalue weighted by molar-refractivity contribution is 7.89. The van der Waals surface area contributed by atoms with Gasteiger partial charge < -0.3 is 9.64 Å². The summed E-state index contributed by atoms with van der Waals surface area (Å²) in [5.41, 5.74) is 0. The molecule has 2 saturated heterocycles. The fourth-order valence-corrected chi connectivity index (χ4v) is 6.46. The van der Waals surface area contributed by atoms with Gasteiger partial charge in [-0.05, 0) is 69.6 Å². The highest BCUT2D eigenvalue weighted by Gasteiger charge is 2.43. The number of rotatable bonds is 8. The van der Waals surface area contributed by atoms with Crippen LogP contribution < -0.4 is 4.90 Å². The Morgan fingerprint density at radius 3 is 2.32 bits per heavy atom. The summed E-state index contributed by atoms with van der Waals surface area (Å²) < 4.78 is 32.3. The Kier molecular flexibility index (Phi) is 7.41. The summed E-state index contributed by atoms with van der Waals surface area (Å²) in [6.07, 6.45) is 8.81. The van der Waals surface area contributed by atoms with E-state index in [9.17, 15) is 8.42 Å². The molecule has 0 amide bonds. The van der Waals surface area contributed by atoms with Crippen LogP contribution in [0.5, 0.6) is 0 Å². The molecule has 9 heteroatoms. The lowest BCUT2D eigenvalue weighted by Crippen LogP contribution is -2.42. The highest BCUT2D eigenvalue weighted by atomic mass is 35.5. The zero-order valence-corrected chi connectivity index (χ0v) is 20.2. The van der Waals surface area contributed by atoms with Crippen molar-refractivity contribution in [3.05, 3.63) is 17.4 Å². The second-order valence-electron chi connectivity index (χ2n) is 9.66. The summed E-state index contributed by atoms with van der Waals surface area (Å²) in [5.74, 6) is 3.54. The minimum absolute atomic E-state index is 0.335. The lowest BCUT2D eigenvalue weighted by molar-refractivity contribution is 0.0684. The van der Waals surface area contributed by atoms with Crippen molar-refractivity contribution in [2.75, 3.05) is 44.3 Å². The van der Waals surface area contributed by atoms with Crippen molar-refractivity contribution in [2.45, 2.75) is 51.2 Å². The van der Waals surface area contributed by atoms with Crippen LogP contribution in [0.1, 0.15) is 46.0 Å². The number of halogens is 1. The van der Waals surface area contributed by atoms with E-state index >= 15 is 0 Å². The average molecular weight is 471 g/mol. The lowest BCUT2D eigenvalue weighted by Gasteiger charge is -2.32. The van der Waals surface area contributed by atoms with E-state index in [0.29, 0.717) is 29.9 Å². The molecule has 2 aliphatic heterocycles. The predicted molar refractivity (Wildman–Crippen MR) is 123 cm³/mol. The molecule has 0 N–H and O–H groups in total. The molecule has 0 aromatic carbocycles. The van der Waals surface area contributed by atoms with Gasteiger partial charge in [0.15, 0.2) is 0 Å². The van der Waals surface area contributed by atoms with Crippen molar-refractivity contribution in [3.8, 4) is 0 Å². The summed E-state index contributed by atoms with van der Waals surface area (Å²) in [4.78, 5) is 10.9. The van der Waals surface area contributed by atoms with Crippen molar-refractivity contribution >= 4 is 27.6 Å². The minimum Gasteiger partial charge on any atom is -0.381 e. The predicted octanol–water partition coefficient (Wildman–Crippen LogP) is 3.45. The zero-order valence-electron chi connectivity index (χ0n) is 18.6. The van der Waals surface area contributed by atoms with Gasteiger partial charge in [0.05, 0.1) is 22.7 Å². The fourth-order valence-electron chi connectivity index (χ4n) is 5.05. The first-order valence-electron chi connectivity index (χ1n) is 11.6. The van der Waals surface area contributed by atoms with Gasteiger partial charge in [-0.3, -0.25) is 0 Å². The Labute approximate surface area is 191 Å². The van der Waals surface area contributed by atoms with Gasteiger partial charge in [-0.2, -0.15) is 0 Å². The molecule has 1 aromatic heterocycles. The topological polar surface area (TPSA) is 75.6 Å². The van der Waals surface area contributed by atoms with Crippen molar-refractivity contribution in [3.63, 3.8) is 0 Å². The third-order valence-corrected chi connectivity index (χ3v) is 9.70. The Bertz CT molecular complexity index is 820. The summed E-state index contributed by atoms with van der Waals surface area (Å²) in [7, 11) is -3.12. The quantitative estimate of drug-likeness (QED) is 0.579. The number of nitrogens with zero attached hydrogens (tertiary/aromatic N) is 4. The van der Waals surface area contributed by atoms with Crippen molar-refractivity contribution in [1.82, 2.24) is 14.3 Å². The number of sulfonamides is 1. The van der Waals surface area contributed by atoms with Gasteiger partial charge in [-0.15, -0.1) is 0 Å². The maximum Gasteiger partial charge on any atom is 0.225 e. The number of aromatic nitrogens is 2. The molecule has 0 radical (unpaired) electrons. The Hall–Kier alpha value is -0.960. The van der Waals surface area contributed by atoms with Crippen LogP contribution in [0.2, 0.25) is 5.02 Å². The van der Waals surface area contributed by atoms with Crippen molar-refractivity contribution < 1.29 is 13.2 Å². The van der Waals surface area contributed by atoms with Gasteiger partial charge in [0.1, 0.15) is 0 Å². The molecule has 4 rings (SSSR count). The molecule has 1 saturated carbocycles. The van der Waals surface area contributed by atoms with Gasteiger partial charge >= 0.3 is 0 Å². The Balaban J connectivity index is 1.11. The molecule has 0 bridgehead atoms. The Morgan fingerprint density at radius 1 is 1.06 bits per heavy atom. The summed E-state index contributed by atoms with van der Waals surface area (Å²) in [6, 6.07) is 0. The molecule has 174 valence electrons. The van der Waals surface area contributed by atoms with Crippen LogP contribution in [-0.2, 0) is 14.8 Å².